The zero-order valence-electron chi connectivity index (χ0n) is 37.2. The third kappa shape index (κ3) is 17.1. The van der Waals surface area contributed by atoms with E-state index < -0.39 is 96.7 Å². The molecule has 2 rings (SSSR count). The lowest BCUT2D eigenvalue weighted by Gasteiger charge is -2.34. The van der Waals surface area contributed by atoms with Gasteiger partial charge in [-0.3, -0.25) is 38.5 Å². The second-order valence-corrected chi connectivity index (χ2v) is 16.9. The van der Waals surface area contributed by atoms with Gasteiger partial charge in [-0.25, -0.2) is 4.79 Å². The summed E-state index contributed by atoms with van der Waals surface area (Å²) in [6, 6.07) is 2.54. The molecule has 0 saturated carbocycles. The summed E-state index contributed by atoms with van der Waals surface area (Å²) in [5, 5.41) is 25.9. The minimum absolute atomic E-state index is 0.109. The maximum Gasteiger partial charge on any atom is 0.328 e. The van der Waals surface area contributed by atoms with Gasteiger partial charge in [0.25, 0.3) is 0 Å². The van der Waals surface area contributed by atoms with Crippen LogP contribution in [0, 0.1) is 23.7 Å². The van der Waals surface area contributed by atoms with Crippen molar-refractivity contribution in [3.05, 3.63) is 35.9 Å². The molecule has 1 aliphatic heterocycles. The average Bonchev–Trinajstić information content (AvgIpc) is 3.67. The molecular weight excluding hydrogens is 789 g/mol. The van der Waals surface area contributed by atoms with Gasteiger partial charge in [0, 0.05) is 19.5 Å². The van der Waals surface area contributed by atoms with Crippen molar-refractivity contribution in [3.8, 4) is 0 Å². The summed E-state index contributed by atoms with van der Waals surface area (Å²) in [6.07, 6.45) is 1.78. The van der Waals surface area contributed by atoms with Gasteiger partial charge < -0.3 is 47.5 Å². The van der Waals surface area contributed by atoms with Gasteiger partial charge in [0.2, 0.25) is 41.4 Å². The number of carbonyl (C=O) groups is 8. The molecule has 1 aromatic rings. The molecular formula is C43H70N8O10. The average molecular weight is 859 g/mol. The highest BCUT2D eigenvalue weighted by Crippen LogP contribution is 2.23. The Kier molecular flexibility index (Phi) is 21.9. The molecule has 0 bridgehead atoms. The molecule has 0 radical (unpaired) electrons. The molecule has 61 heavy (non-hydrogen) atoms. The fraction of sp³-hybridized carbons (Fsp3) is 0.674. The van der Waals surface area contributed by atoms with E-state index in [0.717, 1.165) is 5.56 Å². The minimum Gasteiger partial charge on any atom is -0.467 e. The monoisotopic (exact) mass is 859 g/mol. The quantitative estimate of drug-likeness (QED) is 0.0609. The zero-order valence-corrected chi connectivity index (χ0v) is 37.2. The largest absolute Gasteiger partial charge is 0.467 e. The van der Waals surface area contributed by atoms with Crippen molar-refractivity contribution in [2.45, 2.75) is 136 Å². The summed E-state index contributed by atoms with van der Waals surface area (Å²) in [5.41, 5.74) is 6.45. The maximum atomic E-state index is 14.1. The molecule has 0 aromatic heterocycles. The molecule has 18 heteroatoms. The summed E-state index contributed by atoms with van der Waals surface area (Å²) in [4.78, 5) is 107. The summed E-state index contributed by atoms with van der Waals surface area (Å²) in [7, 11) is 1.25. The first kappa shape index (κ1) is 52.0. The lowest BCUT2D eigenvalue weighted by Crippen LogP contribution is -2.59. The normalized spacial score (nSPS) is 18.0. The fourth-order valence-electron chi connectivity index (χ4n) is 7.30. The van der Waals surface area contributed by atoms with Gasteiger partial charge in [0.1, 0.15) is 30.2 Å². The number of primary amides is 1. The number of methoxy groups -OCH3 is 1. The number of nitrogens with one attached hydrogen (secondary N) is 6. The van der Waals surface area contributed by atoms with Crippen molar-refractivity contribution < 1.29 is 48.2 Å². The number of hydrogen-bond donors (Lipinski definition) is 8. The van der Waals surface area contributed by atoms with Crippen LogP contribution >= 0.6 is 0 Å². The van der Waals surface area contributed by atoms with Crippen molar-refractivity contribution in [3.63, 3.8) is 0 Å². The highest BCUT2D eigenvalue weighted by Gasteiger charge is 2.38. The molecule has 1 aliphatic rings. The first-order chi connectivity index (χ1) is 28.7. The number of nitrogens with zero attached hydrogens (tertiary/aromatic N) is 1. The predicted molar refractivity (Wildman–Crippen MR) is 228 cm³/mol. The van der Waals surface area contributed by atoms with Gasteiger partial charge >= 0.3 is 5.97 Å². The lowest BCUT2D eigenvalue weighted by atomic mass is 9.93. The highest BCUT2D eigenvalue weighted by molar-refractivity contribution is 5.96. The number of aliphatic hydroxyl groups is 1. The van der Waals surface area contributed by atoms with Crippen LogP contribution in [0.2, 0.25) is 0 Å². The smallest absolute Gasteiger partial charge is 0.328 e. The van der Waals surface area contributed by atoms with Crippen LogP contribution in [0.1, 0.15) is 93.1 Å². The number of benzene rings is 1. The number of aliphatic hydroxyl groups excluding tert-OH is 1. The lowest BCUT2D eigenvalue weighted by molar-refractivity contribution is -0.147. The van der Waals surface area contributed by atoms with Crippen LogP contribution in [0.15, 0.2) is 30.3 Å². The molecule has 9 N–H and O–H groups in total. The van der Waals surface area contributed by atoms with E-state index in [1.807, 2.05) is 69.9 Å². The third-order valence-corrected chi connectivity index (χ3v) is 11.0. The second-order valence-electron chi connectivity index (χ2n) is 16.9. The van der Waals surface area contributed by atoms with Crippen molar-refractivity contribution >= 4 is 47.3 Å². The van der Waals surface area contributed by atoms with E-state index in [4.69, 9.17) is 10.5 Å². The van der Waals surface area contributed by atoms with Crippen LogP contribution in [-0.2, 0) is 49.5 Å². The van der Waals surface area contributed by atoms with E-state index in [2.05, 4.69) is 31.9 Å². The second kappa shape index (κ2) is 25.6. The van der Waals surface area contributed by atoms with Crippen LogP contribution in [0.4, 0.5) is 0 Å². The summed E-state index contributed by atoms with van der Waals surface area (Å²) in [5.74, 6) is -5.97. The number of rotatable bonds is 25. The van der Waals surface area contributed by atoms with E-state index in [1.54, 1.807) is 13.8 Å². The van der Waals surface area contributed by atoms with Crippen LogP contribution in [0.25, 0.3) is 0 Å². The molecule has 1 heterocycles. The standard InChI is InChI=1S/C43H70N8O10/c1-10-26(6)37(42(59)49-36(25(4)5)43(60)61-9)50-41(58)34-17-14-18-51(34)22-27(7)30(20-29-15-12-11-13-16-29)46-39(56)32(21-35(44)54)48-38(55)31(19-24(2)3)47-40(57)33(23-52)45-28(8)53/h11-13,15-16,24-27,30-34,36-37,52H,10,14,17-23H2,1-9H3,(H2,44,54)(H,45,53)(H,46,56)(H,47,57)(H,48,55)(H,49,59)(H,50,58)/t26-,27-,30-,31-,32-,33-,34?,36-,37-/m0/s1. The van der Waals surface area contributed by atoms with Gasteiger partial charge in [-0.05, 0) is 61.5 Å². The molecule has 1 aromatic carbocycles. The summed E-state index contributed by atoms with van der Waals surface area (Å²) >= 11 is 0. The van der Waals surface area contributed by atoms with E-state index >= 15 is 0 Å². The van der Waals surface area contributed by atoms with E-state index in [1.165, 1.54) is 14.0 Å². The first-order valence-corrected chi connectivity index (χ1v) is 21.3. The minimum atomic E-state index is -1.42. The third-order valence-electron chi connectivity index (χ3n) is 11.0. The van der Waals surface area contributed by atoms with Crippen LogP contribution in [-0.4, -0.2) is 126 Å². The number of hydrogen-bond acceptors (Lipinski definition) is 11. The van der Waals surface area contributed by atoms with Gasteiger partial charge in [-0.2, -0.15) is 0 Å². The molecule has 9 atom stereocenters. The van der Waals surface area contributed by atoms with Crippen molar-refractivity contribution in [2.75, 3.05) is 26.8 Å². The van der Waals surface area contributed by atoms with E-state index in [0.29, 0.717) is 38.8 Å². The number of esters is 1. The molecule has 0 aliphatic carbocycles. The molecule has 1 saturated heterocycles. The Morgan fingerprint density at radius 1 is 0.787 bits per heavy atom. The number of ether oxygens (including phenoxy) is 1. The molecule has 1 unspecified atom stereocenters. The zero-order chi connectivity index (χ0) is 46.0. The number of nitrogens with two attached hydrogens (primary N) is 1. The SMILES string of the molecule is CC[C@H](C)[C@H](NC(=O)C1CCCN1C[C@H](C)[C@H](Cc1ccccc1)NC(=O)[C@H](CC(N)=O)NC(=O)[C@H](CC(C)C)NC(=O)[C@H](CO)NC(C)=O)C(=O)N[C@H](C(=O)OC)C(C)C. The van der Waals surface area contributed by atoms with Gasteiger partial charge in [0.15, 0.2) is 0 Å². The molecule has 18 nitrogen and oxygen atoms in total. The highest BCUT2D eigenvalue weighted by atomic mass is 16.5. The Bertz CT molecular complexity index is 1640. The Morgan fingerprint density at radius 3 is 1.93 bits per heavy atom. The molecule has 1 fully saturated rings. The number of likely N-dealkylation sites (tertiary alicyclic amines) is 1. The maximum absolute atomic E-state index is 14.1. The summed E-state index contributed by atoms with van der Waals surface area (Å²) in [6.45, 7) is 14.3. The predicted octanol–water partition coefficient (Wildman–Crippen LogP) is 0.0472. The van der Waals surface area contributed by atoms with Crippen LogP contribution in [0.3, 0.4) is 0 Å². The Morgan fingerprint density at radius 2 is 1.39 bits per heavy atom. The summed E-state index contributed by atoms with van der Waals surface area (Å²) < 4.78 is 4.89. The topological polar surface area (TPSA) is 267 Å². The Hall–Kier alpha value is -5.10. The molecule has 7 amide bonds. The first-order valence-electron chi connectivity index (χ1n) is 21.3. The number of carbonyl (C=O) groups excluding carboxylic acids is 8. The Labute approximate surface area is 360 Å². The van der Waals surface area contributed by atoms with E-state index in [-0.39, 0.29) is 36.0 Å². The van der Waals surface area contributed by atoms with Crippen molar-refractivity contribution in [1.29, 1.82) is 0 Å². The van der Waals surface area contributed by atoms with E-state index in [9.17, 15) is 43.5 Å². The molecule has 0 spiro atoms. The number of amides is 7. The van der Waals surface area contributed by atoms with Crippen molar-refractivity contribution in [2.24, 2.45) is 29.4 Å². The van der Waals surface area contributed by atoms with Gasteiger partial charge in [-0.1, -0.05) is 85.2 Å². The van der Waals surface area contributed by atoms with Crippen molar-refractivity contribution in [1.82, 2.24) is 36.8 Å². The molecule has 342 valence electrons. The van der Waals surface area contributed by atoms with Gasteiger partial charge in [-0.15, -0.1) is 0 Å². The fourth-order valence-corrected chi connectivity index (χ4v) is 7.30. The van der Waals surface area contributed by atoms with Gasteiger partial charge in [0.05, 0.1) is 26.2 Å². The Balaban J connectivity index is 2.34. The van der Waals surface area contributed by atoms with Crippen LogP contribution < -0.4 is 37.6 Å². The van der Waals surface area contributed by atoms with Crippen LogP contribution in [0.5, 0.6) is 0 Å².